The molecule has 1 aliphatic heterocycles. The summed E-state index contributed by atoms with van der Waals surface area (Å²) in [7, 11) is 0. The van der Waals surface area contributed by atoms with Crippen LogP contribution >= 0.6 is 11.8 Å². The van der Waals surface area contributed by atoms with E-state index < -0.39 is 0 Å². The van der Waals surface area contributed by atoms with E-state index in [4.69, 9.17) is 0 Å². The fourth-order valence-corrected chi connectivity index (χ4v) is 10.7. The van der Waals surface area contributed by atoms with Crippen LogP contribution in [-0.4, -0.2) is 0 Å². The fourth-order valence-electron chi connectivity index (χ4n) is 9.62. The molecule has 11 aromatic rings. The molecule has 0 spiro atoms. The SMILES string of the molecule is c1ccc(-c2ccc3c(-c4ccc(-c5c6ccccc6c(N6c7ccccc7Sc7ccccc76)c6ccccc56)cc4)c4ccccc4c(-c4ccccc4)c3c2)cc1. The van der Waals surface area contributed by atoms with Crippen molar-refractivity contribution in [1.82, 2.24) is 0 Å². The number of hydrogen-bond acceptors (Lipinski definition) is 2. The van der Waals surface area contributed by atoms with Crippen LogP contribution < -0.4 is 4.90 Å². The summed E-state index contributed by atoms with van der Waals surface area (Å²) >= 11 is 1.85. The normalized spacial score (nSPS) is 12.2. The summed E-state index contributed by atoms with van der Waals surface area (Å²) < 4.78 is 0. The Balaban J connectivity index is 1.08. The van der Waals surface area contributed by atoms with E-state index in [1.54, 1.807) is 0 Å². The number of fused-ring (bicyclic) bond motifs is 6. The van der Waals surface area contributed by atoms with Crippen LogP contribution in [0.3, 0.4) is 0 Å². The van der Waals surface area contributed by atoms with Gasteiger partial charge in [-0.1, -0.05) is 206 Å². The highest BCUT2D eigenvalue weighted by Crippen LogP contribution is 2.55. The maximum atomic E-state index is 2.50. The maximum Gasteiger partial charge on any atom is 0.0619 e. The molecular formula is C58H37NS. The predicted molar refractivity (Wildman–Crippen MR) is 257 cm³/mol. The first kappa shape index (κ1) is 34.6. The lowest BCUT2D eigenvalue weighted by Crippen LogP contribution is -2.15. The predicted octanol–water partition coefficient (Wildman–Crippen LogP) is 16.9. The minimum atomic E-state index is 1.20. The fraction of sp³-hybridized carbons (Fsp3) is 0. The Morgan fingerprint density at radius 2 is 0.600 bits per heavy atom. The molecule has 1 aliphatic rings. The van der Waals surface area contributed by atoms with Crippen molar-refractivity contribution in [2.45, 2.75) is 9.79 Å². The number of hydrogen-bond donors (Lipinski definition) is 0. The van der Waals surface area contributed by atoms with Crippen LogP contribution in [0.15, 0.2) is 234 Å². The standard InChI is InChI=1S/C58H37NS/c1-3-17-38(18-4-1)42-35-36-47-50(37-42)57(39-19-5-2-6-20-39)44-22-8-7-21-43(44)55(47)40-31-33-41(34-32-40)56-45-23-9-11-25-48(45)58(49-26-12-10-24-46(49)56)59-51-27-13-15-29-53(51)60-54-30-16-14-28-52(54)59/h1-37H. The van der Waals surface area contributed by atoms with Crippen molar-refractivity contribution >= 4 is 71.9 Å². The van der Waals surface area contributed by atoms with Gasteiger partial charge in [-0.2, -0.15) is 0 Å². The van der Waals surface area contributed by atoms with Crippen molar-refractivity contribution in [1.29, 1.82) is 0 Å². The highest BCUT2D eigenvalue weighted by Gasteiger charge is 2.28. The monoisotopic (exact) mass is 779 g/mol. The van der Waals surface area contributed by atoms with Crippen LogP contribution in [0.4, 0.5) is 17.1 Å². The molecule has 0 unspecified atom stereocenters. The first-order valence-electron chi connectivity index (χ1n) is 20.6. The van der Waals surface area contributed by atoms with Crippen molar-refractivity contribution in [3.8, 4) is 44.5 Å². The summed E-state index contributed by atoms with van der Waals surface area (Å²) in [6.45, 7) is 0. The third kappa shape index (κ3) is 5.49. The van der Waals surface area contributed by atoms with Gasteiger partial charge in [0.15, 0.2) is 0 Å². The molecule has 0 atom stereocenters. The van der Waals surface area contributed by atoms with Gasteiger partial charge in [0.1, 0.15) is 0 Å². The maximum absolute atomic E-state index is 2.50. The van der Waals surface area contributed by atoms with Crippen molar-refractivity contribution < 1.29 is 0 Å². The van der Waals surface area contributed by atoms with Crippen LogP contribution in [0.2, 0.25) is 0 Å². The molecule has 0 bridgehead atoms. The summed E-state index contributed by atoms with van der Waals surface area (Å²) in [6.07, 6.45) is 0. The average Bonchev–Trinajstić information content (AvgIpc) is 3.32. The molecule has 60 heavy (non-hydrogen) atoms. The van der Waals surface area contributed by atoms with E-state index in [-0.39, 0.29) is 0 Å². The zero-order chi connectivity index (χ0) is 39.6. The number of anilines is 3. The third-order valence-electron chi connectivity index (χ3n) is 12.2. The number of benzene rings is 11. The lowest BCUT2D eigenvalue weighted by Gasteiger charge is -2.35. The van der Waals surface area contributed by atoms with E-state index in [2.05, 4.69) is 229 Å². The Morgan fingerprint density at radius 3 is 1.12 bits per heavy atom. The van der Waals surface area contributed by atoms with Crippen LogP contribution in [-0.2, 0) is 0 Å². The molecule has 0 aliphatic carbocycles. The Hall–Kier alpha value is -7.39. The van der Waals surface area contributed by atoms with Crippen LogP contribution in [0.5, 0.6) is 0 Å². The van der Waals surface area contributed by atoms with Crippen molar-refractivity contribution in [3.63, 3.8) is 0 Å². The second-order valence-corrected chi connectivity index (χ2v) is 16.6. The highest BCUT2D eigenvalue weighted by atomic mass is 32.2. The van der Waals surface area contributed by atoms with E-state index in [9.17, 15) is 0 Å². The molecule has 0 aromatic heterocycles. The van der Waals surface area contributed by atoms with Crippen molar-refractivity contribution in [2.75, 3.05) is 4.90 Å². The van der Waals surface area contributed by atoms with E-state index in [0.29, 0.717) is 0 Å². The Kier molecular flexibility index (Phi) is 8.18. The second-order valence-electron chi connectivity index (χ2n) is 15.6. The quantitative estimate of drug-likeness (QED) is 0.160. The summed E-state index contributed by atoms with van der Waals surface area (Å²) in [5.41, 5.74) is 13.5. The van der Waals surface area contributed by atoms with Gasteiger partial charge in [-0.05, 0) is 107 Å². The largest absolute Gasteiger partial charge is 0.307 e. The first-order chi connectivity index (χ1) is 29.8. The lowest BCUT2D eigenvalue weighted by atomic mass is 9.84. The molecule has 0 saturated heterocycles. The smallest absolute Gasteiger partial charge is 0.0619 e. The summed E-state index contributed by atoms with van der Waals surface area (Å²) in [5.74, 6) is 0. The zero-order valence-electron chi connectivity index (χ0n) is 32.7. The zero-order valence-corrected chi connectivity index (χ0v) is 33.5. The molecule has 12 rings (SSSR count). The number of rotatable bonds is 5. The van der Waals surface area contributed by atoms with E-state index in [0.717, 1.165) is 0 Å². The molecule has 11 aromatic carbocycles. The summed E-state index contributed by atoms with van der Waals surface area (Å²) in [6, 6.07) is 82.5. The Labute approximate surface area is 353 Å². The molecule has 1 heterocycles. The summed E-state index contributed by atoms with van der Waals surface area (Å²) in [5, 5.41) is 9.96. The van der Waals surface area contributed by atoms with Crippen LogP contribution in [0, 0.1) is 0 Å². The van der Waals surface area contributed by atoms with E-state index in [1.807, 2.05) is 11.8 Å². The molecule has 280 valence electrons. The van der Waals surface area contributed by atoms with Gasteiger partial charge in [-0.15, -0.1) is 0 Å². The second kappa shape index (κ2) is 14.2. The number of para-hydroxylation sites is 2. The molecule has 0 fully saturated rings. The van der Waals surface area contributed by atoms with E-state index >= 15 is 0 Å². The molecule has 2 heteroatoms. The van der Waals surface area contributed by atoms with Crippen molar-refractivity contribution in [3.05, 3.63) is 224 Å². The van der Waals surface area contributed by atoms with Crippen molar-refractivity contribution in [2.24, 2.45) is 0 Å². The molecule has 0 N–H and O–H groups in total. The first-order valence-corrected chi connectivity index (χ1v) is 21.4. The molecule has 0 amide bonds. The molecule has 0 saturated carbocycles. The highest BCUT2D eigenvalue weighted by molar-refractivity contribution is 7.99. The molecule has 1 nitrogen and oxygen atoms in total. The topological polar surface area (TPSA) is 3.24 Å². The van der Waals surface area contributed by atoms with Gasteiger partial charge in [-0.25, -0.2) is 0 Å². The van der Waals surface area contributed by atoms with Crippen LogP contribution in [0.1, 0.15) is 0 Å². The molecular weight excluding hydrogens is 743 g/mol. The van der Waals surface area contributed by atoms with Gasteiger partial charge < -0.3 is 4.90 Å². The Bertz CT molecular complexity index is 3340. The van der Waals surface area contributed by atoms with Gasteiger partial charge in [-0.3, -0.25) is 0 Å². The minimum absolute atomic E-state index is 1.20. The van der Waals surface area contributed by atoms with Gasteiger partial charge in [0.05, 0.1) is 17.1 Å². The average molecular weight is 780 g/mol. The Morgan fingerprint density at radius 1 is 0.250 bits per heavy atom. The third-order valence-corrected chi connectivity index (χ3v) is 13.3. The molecule has 0 radical (unpaired) electrons. The van der Waals surface area contributed by atoms with Crippen LogP contribution in [0.25, 0.3) is 87.6 Å². The minimum Gasteiger partial charge on any atom is -0.307 e. The van der Waals surface area contributed by atoms with Gasteiger partial charge in [0.2, 0.25) is 0 Å². The van der Waals surface area contributed by atoms with Gasteiger partial charge in [0.25, 0.3) is 0 Å². The lowest BCUT2D eigenvalue weighted by molar-refractivity contribution is 1.18. The summed E-state index contributed by atoms with van der Waals surface area (Å²) in [4.78, 5) is 5.02. The van der Waals surface area contributed by atoms with E-state index in [1.165, 1.54) is 114 Å². The van der Waals surface area contributed by atoms with Gasteiger partial charge in [0, 0.05) is 20.6 Å². The van der Waals surface area contributed by atoms with Gasteiger partial charge >= 0.3 is 0 Å². The number of nitrogens with zero attached hydrogens (tertiary/aromatic N) is 1.